The first-order valence-corrected chi connectivity index (χ1v) is 10.5. The second-order valence-electron chi connectivity index (χ2n) is 8.03. The van der Waals surface area contributed by atoms with Crippen LogP contribution in [-0.4, -0.2) is 43.0 Å². The highest BCUT2D eigenvalue weighted by molar-refractivity contribution is 6.45. The predicted molar refractivity (Wildman–Crippen MR) is 113 cm³/mol. The molecule has 0 bridgehead atoms. The van der Waals surface area contributed by atoms with Crippen LogP contribution in [0.15, 0.2) is 54.2 Å². The van der Waals surface area contributed by atoms with Crippen LogP contribution in [0, 0.1) is 5.92 Å². The molecular formula is C24H24N2O4. The van der Waals surface area contributed by atoms with Crippen LogP contribution in [0.5, 0.6) is 11.5 Å². The smallest absolute Gasteiger partial charge is 0.282 e. The normalized spacial score (nSPS) is 19.6. The second-order valence-corrected chi connectivity index (χ2v) is 8.03. The lowest BCUT2D eigenvalue weighted by Gasteiger charge is -2.32. The molecule has 6 heteroatoms. The van der Waals surface area contributed by atoms with E-state index in [2.05, 4.69) is 11.8 Å². The molecule has 3 aliphatic rings. The van der Waals surface area contributed by atoms with Gasteiger partial charge in [0.15, 0.2) is 11.5 Å². The van der Waals surface area contributed by atoms with E-state index in [4.69, 9.17) is 9.47 Å². The lowest BCUT2D eigenvalue weighted by atomic mass is 9.97. The van der Waals surface area contributed by atoms with Gasteiger partial charge in [-0.3, -0.25) is 9.59 Å². The number of fused-ring (bicyclic) bond motifs is 1. The average molecular weight is 404 g/mol. The average Bonchev–Trinajstić information content (AvgIpc) is 3.04. The van der Waals surface area contributed by atoms with Crippen molar-refractivity contribution in [3.05, 3.63) is 59.8 Å². The highest BCUT2D eigenvalue weighted by atomic mass is 16.6. The molecule has 154 valence electrons. The molecule has 0 unspecified atom stereocenters. The first kappa shape index (κ1) is 18.7. The Morgan fingerprint density at radius 3 is 2.30 bits per heavy atom. The zero-order valence-corrected chi connectivity index (χ0v) is 17.0. The first-order chi connectivity index (χ1) is 14.6. The van der Waals surface area contributed by atoms with E-state index >= 15 is 0 Å². The molecule has 6 nitrogen and oxygen atoms in total. The van der Waals surface area contributed by atoms with Crippen LogP contribution in [0.2, 0.25) is 0 Å². The first-order valence-electron chi connectivity index (χ1n) is 10.5. The number of hydrogen-bond acceptors (Lipinski definition) is 5. The summed E-state index contributed by atoms with van der Waals surface area (Å²) in [6, 6.07) is 14.7. The van der Waals surface area contributed by atoms with Crippen molar-refractivity contribution in [3.8, 4) is 11.5 Å². The van der Waals surface area contributed by atoms with E-state index in [0.717, 1.165) is 31.5 Å². The third-order valence-electron chi connectivity index (χ3n) is 6.01. The largest absolute Gasteiger partial charge is 0.486 e. The molecule has 0 spiro atoms. The van der Waals surface area contributed by atoms with Crippen molar-refractivity contribution in [2.45, 2.75) is 19.8 Å². The summed E-state index contributed by atoms with van der Waals surface area (Å²) in [5.41, 5.74) is 2.26. The molecule has 1 fully saturated rings. The fourth-order valence-corrected chi connectivity index (χ4v) is 4.31. The molecule has 0 atom stereocenters. The van der Waals surface area contributed by atoms with Gasteiger partial charge in [-0.15, -0.1) is 0 Å². The number of imide groups is 1. The van der Waals surface area contributed by atoms with Gasteiger partial charge in [0.05, 0.1) is 11.3 Å². The zero-order chi connectivity index (χ0) is 20.7. The van der Waals surface area contributed by atoms with E-state index in [1.54, 1.807) is 18.2 Å². The molecule has 0 radical (unpaired) electrons. The fraction of sp³-hybridized carbons (Fsp3) is 0.333. The summed E-state index contributed by atoms with van der Waals surface area (Å²) in [6.45, 7) is 4.73. The molecule has 30 heavy (non-hydrogen) atoms. The highest BCUT2D eigenvalue weighted by Crippen LogP contribution is 2.39. The standard InChI is InChI=1S/C24H24N2O4/c1-16-9-11-25(12-10-16)22-21(17-5-3-2-4-6-17)23(27)26(24(22)28)18-7-8-19-20(15-18)30-14-13-29-19/h2-8,15-16H,9-14H2,1H3. The molecule has 0 aliphatic carbocycles. The Labute approximate surface area is 175 Å². The van der Waals surface area contributed by atoms with Crippen molar-refractivity contribution in [1.82, 2.24) is 4.90 Å². The van der Waals surface area contributed by atoms with E-state index < -0.39 is 0 Å². The molecule has 0 saturated carbocycles. The third-order valence-corrected chi connectivity index (χ3v) is 6.01. The van der Waals surface area contributed by atoms with Crippen molar-refractivity contribution >= 4 is 23.1 Å². The van der Waals surface area contributed by atoms with Gasteiger partial charge in [0.1, 0.15) is 18.9 Å². The Bertz CT molecular complexity index is 1020. The van der Waals surface area contributed by atoms with Gasteiger partial charge in [-0.1, -0.05) is 37.3 Å². The van der Waals surface area contributed by atoms with Crippen molar-refractivity contribution in [3.63, 3.8) is 0 Å². The van der Waals surface area contributed by atoms with Gasteiger partial charge in [-0.05, 0) is 36.5 Å². The molecule has 3 aliphatic heterocycles. The molecule has 0 N–H and O–H groups in total. The lowest BCUT2D eigenvalue weighted by Crippen LogP contribution is -2.38. The monoisotopic (exact) mass is 404 g/mol. The summed E-state index contributed by atoms with van der Waals surface area (Å²) in [4.78, 5) is 30.5. The molecule has 3 heterocycles. The minimum Gasteiger partial charge on any atom is -0.486 e. The van der Waals surface area contributed by atoms with Gasteiger partial charge >= 0.3 is 0 Å². The van der Waals surface area contributed by atoms with Crippen molar-refractivity contribution in [1.29, 1.82) is 0 Å². The van der Waals surface area contributed by atoms with Gasteiger partial charge in [0.25, 0.3) is 11.8 Å². The molecule has 0 aromatic heterocycles. The van der Waals surface area contributed by atoms with E-state index in [1.165, 1.54) is 4.90 Å². The van der Waals surface area contributed by atoms with E-state index in [9.17, 15) is 9.59 Å². The van der Waals surface area contributed by atoms with E-state index in [1.807, 2.05) is 30.3 Å². The second kappa shape index (κ2) is 7.52. The fourth-order valence-electron chi connectivity index (χ4n) is 4.31. The Balaban J connectivity index is 1.57. The zero-order valence-electron chi connectivity index (χ0n) is 17.0. The molecular weight excluding hydrogens is 380 g/mol. The SMILES string of the molecule is CC1CCN(C2=C(c3ccccc3)C(=O)N(c3ccc4c(c3)OCCO4)C2=O)CC1. The predicted octanol–water partition coefficient (Wildman–Crippen LogP) is 3.47. The summed E-state index contributed by atoms with van der Waals surface area (Å²) >= 11 is 0. The number of carbonyl (C=O) groups excluding carboxylic acids is 2. The van der Waals surface area contributed by atoms with Crippen molar-refractivity contribution in [2.24, 2.45) is 5.92 Å². The minimum absolute atomic E-state index is 0.273. The maximum atomic E-state index is 13.6. The Morgan fingerprint density at radius 2 is 1.57 bits per heavy atom. The number of rotatable bonds is 3. The number of piperidine rings is 1. The van der Waals surface area contributed by atoms with Gasteiger partial charge in [0, 0.05) is 19.2 Å². The van der Waals surface area contributed by atoms with Gasteiger partial charge in [-0.2, -0.15) is 0 Å². The number of carbonyl (C=O) groups is 2. The topological polar surface area (TPSA) is 59.1 Å². The summed E-state index contributed by atoms with van der Waals surface area (Å²) in [6.07, 6.45) is 2.02. The lowest BCUT2D eigenvalue weighted by molar-refractivity contribution is -0.120. The number of hydrogen-bond donors (Lipinski definition) is 0. The molecule has 2 aromatic carbocycles. The van der Waals surface area contributed by atoms with Crippen LogP contribution in [0.25, 0.3) is 5.57 Å². The Kier molecular flexibility index (Phi) is 4.69. The van der Waals surface area contributed by atoms with Crippen LogP contribution in [0.3, 0.4) is 0 Å². The Hall–Kier alpha value is -3.28. The van der Waals surface area contributed by atoms with Crippen molar-refractivity contribution in [2.75, 3.05) is 31.2 Å². The van der Waals surface area contributed by atoms with Gasteiger partial charge in [-0.25, -0.2) is 4.90 Å². The summed E-state index contributed by atoms with van der Waals surface area (Å²) in [7, 11) is 0. The number of anilines is 1. The van der Waals surface area contributed by atoms with Gasteiger partial charge in [0.2, 0.25) is 0 Å². The summed E-state index contributed by atoms with van der Waals surface area (Å²) in [5, 5.41) is 0. The number of ether oxygens (including phenoxy) is 2. The van der Waals surface area contributed by atoms with Crippen LogP contribution in [0.1, 0.15) is 25.3 Å². The van der Waals surface area contributed by atoms with Crippen LogP contribution in [0.4, 0.5) is 5.69 Å². The summed E-state index contributed by atoms with van der Waals surface area (Å²) in [5.74, 6) is 1.25. The third kappa shape index (κ3) is 3.12. The van der Waals surface area contributed by atoms with Crippen LogP contribution >= 0.6 is 0 Å². The highest BCUT2D eigenvalue weighted by Gasteiger charge is 2.43. The number of nitrogens with zero attached hydrogens (tertiary/aromatic N) is 2. The van der Waals surface area contributed by atoms with Crippen molar-refractivity contribution < 1.29 is 19.1 Å². The number of likely N-dealkylation sites (tertiary alicyclic amines) is 1. The van der Waals surface area contributed by atoms with Crippen LogP contribution < -0.4 is 14.4 Å². The minimum atomic E-state index is -0.295. The molecule has 1 saturated heterocycles. The molecule has 2 aromatic rings. The quantitative estimate of drug-likeness (QED) is 0.733. The molecule has 2 amide bonds. The van der Waals surface area contributed by atoms with Crippen LogP contribution in [-0.2, 0) is 9.59 Å². The van der Waals surface area contributed by atoms with Gasteiger partial charge < -0.3 is 14.4 Å². The van der Waals surface area contributed by atoms with E-state index in [0.29, 0.717) is 47.6 Å². The van der Waals surface area contributed by atoms with E-state index in [-0.39, 0.29) is 11.8 Å². The maximum Gasteiger partial charge on any atom is 0.282 e. The number of benzene rings is 2. The molecule has 5 rings (SSSR count). The number of amides is 2. The summed E-state index contributed by atoms with van der Waals surface area (Å²) < 4.78 is 11.2. The Morgan fingerprint density at radius 1 is 0.867 bits per heavy atom. The maximum absolute atomic E-state index is 13.6.